The number of amides is 1. The van der Waals surface area contributed by atoms with Crippen molar-refractivity contribution in [3.8, 4) is 11.3 Å². The second-order valence-corrected chi connectivity index (χ2v) is 8.48. The van der Waals surface area contributed by atoms with Crippen molar-refractivity contribution in [2.24, 2.45) is 7.05 Å². The molecule has 6 heteroatoms. The predicted octanol–water partition coefficient (Wildman–Crippen LogP) is 3.90. The number of pyridine rings is 1. The van der Waals surface area contributed by atoms with Gasteiger partial charge in [-0.1, -0.05) is 60.2 Å². The molecule has 1 fully saturated rings. The SMILES string of the molecule is Cc1ccc(-c2cc(C(=O)N3CCN(Cc4ccccc4)CC3)c3cnn(C)c3n2)cc1. The van der Waals surface area contributed by atoms with Crippen molar-refractivity contribution in [2.45, 2.75) is 13.5 Å². The summed E-state index contributed by atoms with van der Waals surface area (Å²) in [5.41, 5.74) is 5.71. The number of piperazine rings is 1. The molecule has 6 nitrogen and oxygen atoms in total. The van der Waals surface area contributed by atoms with E-state index in [-0.39, 0.29) is 5.91 Å². The zero-order valence-corrected chi connectivity index (χ0v) is 18.5. The normalized spacial score (nSPS) is 14.8. The van der Waals surface area contributed by atoms with E-state index in [9.17, 15) is 4.79 Å². The summed E-state index contributed by atoms with van der Waals surface area (Å²) in [5, 5.41) is 5.17. The number of fused-ring (bicyclic) bond motifs is 1. The van der Waals surface area contributed by atoms with Crippen molar-refractivity contribution in [1.29, 1.82) is 0 Å². The first-order valence-corrected chi connectivity index (χ1v) is 11.0. The lowest BCUT2D eigenvalue weighted by atomic mass is 10.0. The molecule has 0 aliphatic carbocycles. The third kappa shape index (κ3) is 4.01. The van der Waals surface area contributed by atoms with Gasteiger partial charge in [-0.05, 0) is 18.6 Å². The van der Waals surface area contributed by atoms with Gasteiger partial charge in [0.15, 0.2) is 5.65 Å². The van der Waals surface area contributed by atoms with Crippen LogP contribution >= 0.6 is 0 Å². The average molecular weight is 426 g/mol. The molecule has 162 valence electrons. The van der Waals surface area contributed by atoms with E-state index in [1.165, 1.54) is 11.1 Å². The van der Waals surface area contributed by atoms with E-state index in [1.807, 2.05) is 24.1 Å². The van der Waals surface area contributed by atoms with Gasteiger partial charge in [0.2, 0.25) is 0 Å². The van der Waals surface area contributed by atoms with Crippen molar-refractivity contribution in [2.75, 3.05) is 26.2 Å². The Morgan fingerprint density at radius 3 is 2.41 bits per heavy atom. The summed E-state index contributed by atoms with van der Waals surface area (Å²) in [6.07, 6.45) is 1.75. The molecule has 0 bridgehead atoms. The maximum absolute atomic E-state index is 13.6. The lowest BCUT2D eigenvalue weighted by Gasteiger charge is -2.35. The number of carbonyl (C=O) groups is 1. The van der Waals surface area contributed by atoms with Gasteiger partial charge in [0.1, 0.15) is 0 Å². The quantitative estimate of drug-likeness (QED) is 0.498. The van der Waals surface area contributed by atoms with Gasteiger partial charge in [0.05, 0.1) is 22.8 Å². The molecule has 0 unspecified atom stereocenters. The van der Waals surface area contributed by atoms with Crippen LogP contribution in [0.15, 0.2) is 66.9 Å². The molecule has 3 heterocycles. The second kappa shape index (κ2) is 8.55. The maximum Gasteiger partial charge on any atom is 0.254 e. The fourth-order valence-corrected chi connectivity index (χ4v) is 4.28. The summed E-state index contributed by atoms with van der Waals surface area (Å²) in [5.74, 6) is 0.0538. The topological polar surface area (TPSA) is 54.3 Å². The van der Waals surface area contributed by atoms with Crippen molar-refractivity contribution in [3.63, 3.8) is 0 Å². The molecule has 1 saturated heterocycles. The van der Waals surface area contributed by atoms with Gasteiger partial charge in [-0.15, -0.1) is 0 Å². The van der Waals surface area contributed by atoms with Crippen molar-refractivity contribution in [3.05, 3.63) is 83.6 Å². The summed E-state index contributed by atoms with van der Waals surface area (Å²) in [6.45, 7) is 6.15. The van der Waals surface area contributed by atoms with Crippen LogP contribution in [0, 0.1) is 6.92 Å². The molecule has 0 atom stereocenters. The molecule has 2 aromatic carbocycles. The molecule has 1 amide bonds. The van der Waals surface area contributed by atoms with E-state index in [0.717, 1.165) is 55.0 Å². The Bertz CT molecular complexity index is 1240. The number of benzene rings is 2. The van der Waals surface area contributed by atoms with Crippen LogP contribution in [0.5, 0.6) is 0 Å². The average Bonchev–Trinajstić information content (AvgIpc) is 3.20. The van der Waals surface area contributed by atoms with E-state index in [0.29, 0.717) is 5.56 Å². The summed E-state index contributed by atoms with van der Waals surface area (Å²) in [4.78, 5) is 22.7. The fraction of sp³-hybridized carbons (Fsp3) is 0.269. The second-order valence-electron chi connectivity index (χ2n) is 8.48. The Morgan fingerprint density at radius 2 is 1.69 bits per heavy atom. The van der Waals surface area contributed by atoms with E-state index >= 15 is 0 Å². The highest BCUT2D eigenvalue weighted by atomic mass is 16.2. The van der Waals surface area contributed by atoms with Crippen molar-refractivity contribution < 1.29 is 4.79 Å². The molecule has 0 N–H and O–H groups in total. The molecule has 1 aliphatic rings. The molecular formula is C26H27N5O. The summed E-state index contributed by atoms with van der Waals surface area (Å²) >= 11 is 0. The van der Waals surface area contributed by atoms with Crippen LogP contribution in [0.2, 0.25) is 0 Å². The summed E-state index contributed by atoms with van der Waals surface area (Å²) in [7, 11) is 1.87. The van der Waals surface area contributed by atoms with Gasteiger partial charge in [-0.25, -0.2) is 4.98 Å². The molecule has 4 aromatic rings. The predicted molar refractivity (Wildman–Crippen MR) is 126 cm³/mol. The van der Waals surface area contributed by atoms with Gasteiger partial charge < -0.3 is 4.90 Å². The van der Waals surface area contributed by atoms with Gasteiger partial charge in [0, 0.05) is 45.3 Å². The lowest BCUT2D eigenvalue weighted by Crippen LogP contribution is -2.48. The zero-order chi connectivity index (χ0) is 22.1. The van der Waals surface area contributed by atoms with E-state index < -0.39 is 0 Å². The van der Waals surface area contributed by atoms with Gasteiger partial charge in [0.25, 0.3) is 5.91 Å². The van der Waals surface area contributed by atoms with Gasteiger partial charge in [-0.2, -0.15) is 5.10 Å². The molecule has 2 aromatic heterocycles. The van der Waals surface area contributed by atoms with Crippen LogP contribution < -0.4 is 0 Å². The Morgan fingerprint density at radius 1 is 0.969 bits per heavy atom. The first kappa shape index (κ1) is 20.4. The van der Waals surface area contributed by atoms with Crippen LogP contribution in [0.1, 0.15) is 21.5 Å². The van der Waals surface area contributed by atoms with Crippen molar-refractivity contribution in [1.82, 2.24) is 24.6 Å². The Balaban J connectivity index is 1.39. The number of aromatic nitrogens is 3. The molecule has 32 heavy (non-hydrogen) atoms. The Kier molecular flexibility index (Phi) is 5.45. The lowest BCUT2D eigenvalue weighted by molar-refractivity contribution is 0.0630. The number of aryl methyl sites for hydroxylation is 2. The third-order valence-electron chi connectivity index (χ3n) is 6.19. The van der Waals surface area contributed by atoms with Crippen LogP contribution in [-0.4, -0.2) is 56.7 Å². The molecule has 0 radical (unpaired) electrons. The number of carbonyl (C=O) groups excluding carboxylic acids is 1. The number of hydrogen-bond donors (Lipinski definition) is 0. The van der Waals surface area contributed by atoms with Crippen LogP contribution in [0.3, 0.4) is 0 Å². The molecular weight excluding hydrogens is 398 g/mol. The minimum absolute atomic E-state index is 0.0538. The Labute approximate surface area is 188 Å². The number of nitrogens with zero attached hydrogens (tertiary/aromatic N) is 5. The number of rotatable bonds is 4. The Hall–Kier alpha value is -3.51. The number of hydrogen-bond acceptors (Lipinski definition) is 4. The van der Waals surface area contributed by atoms with Crippen LogP contribution in [0.4, 0.5) is 0 Å². The molecule has 1 aliphatic heterocycles. The van der Waals surface area contributed by atoms with E-state index in [1.54, 1.807) is 10.9 Å². The highest BCUT2D eigenvalue weighted by Gasteiger charge is 2.25. The zero-order valence-electron chi connectivity index (χ0n) is 18.5. The minimum Gasteiger partial charge on any atom is -0.336 e. The maximum atomic E-state index is 13.6. The third-order valence-corrected chi connectivity index (χ3v) is 6.19. The first-order valence-electron chi connectivity index (χ1n) is 11.0. The monoisotopic (exact) mass is 425 g/mol. The van der Waals surface area contributed by atoms with Crippen molar-refractivity contribution >= 4 is 16.9 Å². The summed E-state index contributed by atoms with van der Waals surface area (Å²) < 4.78 is 1.74. The van der Waals surface area contributed by atoms with Gasteiger partial charge in [-0.3, -0.25) is 14.4 Å². The highest BCUT2D eigenvalue weighted by molar-refractivity contribution is 6.06. The van der Waals surface area contributed by atoms with Crippen LogP contribution in [0.25, 0.3) is 22.3 Å². The standard InChI is InChI=1S/C26H27N5O/c1-19-8-10-21(11-9-19)24-16-22(23-17-27-29(2)25(23)28-24)26(32)31-14-12-30(13-15-31)18-20-6-4-3-5-7-20/h3-11,16-17H,12-15,18H2,1-2H3. The van der Waals surface area contributed by atoms with Gasteiger partial charge >= 0.3 is 0 Å². The minimum atomic E-state index is 0.0538. The molecule has 0 saturated carbocycles. The highest BCUT2D eigenvalue weighted by Crippen LogP contribution is 2.26. The van der Waals surface area contributed by atoms with E-state index in [2.05, 4.69) is 65.5 Å². The molecule has 0 spiro atoms. The molecule has 5 rings (SSSR count). The largest absolute Gasteiger partial charge is 0.336 e. The smallest absolute Gasteiger partial charge is 0.254 e. The van der Waals surface area contributed by atoms with Crippen LogP contribution in [-0.2, 0) is 13.6 Å². The fourth-order valence-electron chi connectivity index (χ4n) is 4.28. The first-order chi connectivity index (χ1) is 15.6. The van der Waals surface area contributed by atoms with E-state index in [4.69, 9.17) is 4.98 Å². The summed E-state index contributed by atoms with van der Waals surface area (Å²) in [6, 6.07) is 20.7.